The minimum Gasteiger partial charge on any atom is -0.465 e. The third-order valence-corrected chi connectivity index (χ3v) is 4.49. The van der Waals surface area contributed by atoms with E-state index in [2.05, 4.69) is 10.1 Å². The molecule has 0 aromatic heterocycles. The van der Waals surface area contributed by atoms with Gasteiger partial charge in [-0.2, -0.15) is 0 Å². The fourth-order valence-electron chi connectivity index (χ4n) is 3.18. The van der Waals surface area contributed by atoms with E-state index in [4.69, 9.17) is 0 Å². The first-order valence-electron chi connectivity index (χ1n) is 7.99. The normalized spacial score (nSPS) is 21.9. The Morgan fingerprint density at radius 3 is 2.16 bits per heavy atom. The highest BCUT2D eigenvalue weighted by atomic mass is 16.5. The minimum absolute atomic E-state index is 0.282. The van der Waals surface area contributed by atoms with Gasteiger partial charge in [0.15, 0.2) is 0 Å². The Morgan fingerprint density at radius 2 is 1.64 bits per heavy atom. The summed E-state index contributed by atoms with van der Waals surface area (Å²) in [6, 6.07) is 6.16. The third-order valence-electron chi connectivity index (χ3n) is 4.49. The molecular formula is C18H18N2O5. The number of allylic oxidation sites excluding steroid dienone is 2. The van der Waals surface area contributed by atoms with Crippen molar-refractivity contribution in [3.05, 3.63) is 42.0 Å². The molecule has 0 radical (unpaired) electrons. The Balaban J connectivity index is 1.62. The van der Waals surface area contributed by atoms with Crippen molar-refractivity contribution in [1.29, 1.82) is 0 Å². The summed E-state index contributed by atoms with van der Waals surface area (Å²) < 4.78 is 4.60. The molecular weight excluding hydrogens is 324 g/mol. The molecule has 7 heteroatoms. The van der Waals surface area contributed by atoms with E-state index in [1.165, 1.54) is 19.2 Å². The third kappa shape index (κ3) is 3.31. The van der Waals surface area contributed by atoms with E-state index in [1.54, 1.807) is 12.1 Å². The molecule has 1 aromatic rings. The number of methoxy groups -OCH3 is 1. The standard InChI is InChI=1S/C18H18N2O5/c1-25-18(24)11-6-8-12(9-7-11)19-15(21)10-20-16(22)13-4-2-3-5-14(13)17(20)23/h2-3,6-9,13-14H,4-5,10H2,1H3,(H,19,21)/t13-,14-/m0/s1. The first-order valence-corrected chi connectivity index (χ1v) is 7.99. The number of nitrogens with zero attached hydrogens (tertiary/aromatic N) is 1. The lowest BCUT2D eigenvalue weighted by Gasteiger charge is -2.14. The molecule has 7 nitrogen and oxygen atoms in total. The van der Waals surface area contributed by atoms with Crippen LogP contribution in [-0.2, 0) is 19.1 Å². The topological polar surface area (TPSA) is 92.8 Å². The highest BCUT2D eigenvalue weighted by molar-refractivity contribution is 6.08. The molecule has 130 valence electrons. The fraction of sp³-hybridized carbons (Fsp3) is 0.333. The van der Waals surface area contributed by atoms with Gasteiger partial charge in [-0.3, -0.25) is 19.3 Å². The van der Waals surface area contributed by atoms with Gasteiger partial charge in [-0.15, -0.1) is 0 Å². The molecule has 1 heterocycles. The van der Waals surface area contributed by atoms with E-state index in [0.29, 0.717) is 24.1 Å². The minimum atomic E-state index is -0.470. The van der Waals surface area contributed by atoms with Crippen LogP contribution in [0.3, 0.4) is 0 Å². The lowest BCUT2D eigenvalue weighted by molar-refractivity contribution is -0.142. The van der Waals surface area contributed by atoms with Crippen LogP contribution in [0.25, 0.3) is 0 Å². The van der Waals surface area contributed by atoms with Crippen molar-refractivity contribution in [2.45, 2.75) is 12.8 Å². The van der Waals surface area contributed by atoms with E-state index >= 15 is 0 Å². The van der Waals surface area contributed by atoms with Crippen LogP contribution >= 0.6 is 0 Å². The highest BCUT2D eigenvalue weighted by Gasteiger charge is 2.47. The molecule has 1 aliphatic heterocycles. The second-order valence-electron chi connectivity index (χ2n) is 6.04. The summed E-state index contributed by atoms with van der Waals surface area (Å²) in [7, 11) is 1.29. The predicted octanol–water partition coefficient (Wildman–Crippen LogP) is 1.36. The summed E-state index contributed by atoms with van der Waals surface area (Å²) in [4.78, 5) is 49.3. The van der Waals surface area contributed by atoms with Crippen molar-refractivity contribution < 1.29 is 23.9 Å². The van der Waals surface area contributed by atoms with Gasteiger partial charge in [-0.25, -0.2) is 4.79 Å². The number of hydrogen-bond donors (Lipinski definition) is 1. The number of carbonyl (C=O) groups excluding carboxylic acids is 4. The van der Waals surface area contributed by atoms with Crippen LogP contribution < -0.4 is 5.32 Å². The largest absolute Gasteiger partial charge is 0.465 e. The van der Waals surface area contributed by atoms with Crippen LogP contribution in [0.2, 0.25) is 0 Å². The van der Waals surface area contributed by atoms with Crippen molar-refractivity contribution in [1.82, 2.24) is 4.90 Å². The molecule has 3 amide bonds. The summed E-state index contributed by atoms with van der Waals surface area (Å²) in [5, 5.41) is 2.62. The Bertz CT molecular complexity index is 727. The number of likely N-dealkylation sites (tertiary alicyclic amines) is 1. The van der Waals surface area contributed by atoms with Gasteiger partial charge in [0.1, 0.15) is 6.54 Å². The summed E-state index contributed by atoms with van der Waals surface area (Å²) in [6.07, 6.45) is 4.89. The molecule has 2 aliphatic rings. The van der Waals surface area contributed by atoms with Crippen LogP contribution in [0.1, 0.15) is 23.2 Å². The number of nitrogens with one attached hydrogen (secondary N) is 1. The SMILES string of the molecule is COC(=O)c1ccc(NC(=O)CN2C(=O)[C@H]3CC=CC[C@@H]3C2=O)cc1. The molecule has 0 bridgehead atoms. The zero-order valence-corrected chi connectivity index (χ0v) is 13.7. The second-order valence-corrected chi connectivity index (χ2v) is 6.04. The number of carbonyl (C=O) groups is 4. The Morgan fingerprint density at radius 1 is 1.08 bits per heavy atom. The van der Waals surface area contributed by atoms with Crippen LogP contribution in [0, 0.1) is 11.8 Å². The van der Waals surface area contributed by atoms with E-state index in [1.807, 2.05) is 12.2 Å². The van der Waals surface area contributed by atoms with Gasteiger partial charge in [0.05, 0.1) is 24.5 Å². The van der Waals surface area contributed by atoms with E-state index < -0.39 is 11.9 Å². The Labute approximate surface area is 144 Å². The van der Waals surface area contributed by atoms with Gasteiger partial charge in [-0.1, -0.05) is 12.2 Å². The van der Waals surface area contributed by atoms with Crippen LogP contribution in [0.4, 0.5) is 5.69 Å². The number of imide groups is 1. The molecule has 1 N–H and O–H groups in total. The molecule has 3 rings (SSSR count). The van der Waals surface area contributed by atoms with Crippen molar-refractivity contribution in [2.75, 3.05) is 19.0 Å². The second kappa shape index (κ2) is 6.88. The quantitative estimate of drug-likeness (QED) is 0.507. The average Bonchev–Trinajstić information content (AvgIpc) is 2.87. The zero-order valence-electron chi connectivity index (χ0n) is 13.7. The van der Waals surface area contributed by atoms with E-state index in [9.17, 15) is 19.2 Å². The van der Waals surface area contributed by atoms with Gasteiger partial charge in [0.25, 0.3) is 0 Å². The zero-order chi connectivity index (χ0) is 18.0. The molecule has 25 heavy (non-hydrogen) atoms. The summed E-state index contributed by atoms with van der Waals surface area (Å²) in [5.74, 6) is -2.18. The van der Waals surface area contributed by atoms with Crippen LogP contribution in [-0.4, -0.2) is 42.2 Å². The molecule has 0 saturated carbocycles. The lowest BCUT2D eigenvalue weighted by Crippen LogP contribution is -2.38. The summed E-state index contributed by atoms with van der Waals surface area (Å²) in [6.45, 7) is -0.302. The van der Waals surface area contributed by atoms with Crippen molar-refractivity contribution in [2.24, 2.45) is 11.8 Å². The maximum absolute atomic E-state index is 12.3. The summed E-state index contributed by atoms with van der Waals surface area (Å²) >= 11 is 0. The maximum atomic E-state index is 12.3. The van der Waals surface area contributed by atoms with Gasteiger partial charge < -0.3 is 10.1 Å². The number of anilines is 1. The molecule has 2 atom stereocenters. The number of ether oxygens (including phenoxy) is 1. The van der Waals surface area contributed by atoms with Gasteiger partial charge in [0, 0.05) is 5.69 Å². The number of benzene rings is 1. The number of hydrogen-bond acceptors (Lipinski definition) is 5. The predicted molar refractivity (Wildman–Crippen MR) is 88.5 cm³/mol. The first-order chi connectivity index (χ1) is 12.0. The average molecular weight is 342 g/mol. The highest BCUT2D eigenvalue weighted by Crippen LogP contribution is 2.34. The Kier molecular flexibility index (Phi) is 4.65. The van der Waals surface area contributed by atoms with Gasteiger partial charge in [0.2, 0.25) is 17.7 Å². The van der Waals surface area contributed by atoms with Gasteiger partial charge in [-0.05, 0) is 37.1 Å². The number of amides is 3. The van der Waals surface area contributed by atoms with E-state index in [-0.39, 0.29) is 30.2 Å². The fourth-order valence-corrected chi connectivity index (χ4v) is 3.18. The Hall–Kier alpha value is -2.96. The van der Waals surface area contributed by atoms with Crippen LogP contribution in [0.15, 0.2) is 36.4 Å². The number of fused-ring (bicyclic) bond motifs is 1. The summed E-state index contributed by atoms with van der Waals surface area (Å²) in [5.41, 5.74) is 0.831. The molecule has 0 spiro atoms. The smallest absolute Gasteiger partial charge is 0.337 e. The molecule has 0 unspecified atom stereocenters. The molecule has 1 aromatic carbocycles. The molecule has 1 fully saturated rings. The van der Waals surface area contributed by atoms with Crippen molar-refractivity contribution >= 4 is 29.4 Å². The van der Waals surface area contributed by atoms with Crippen LogP contribution in [0.5, 0.6) is 0 Å². The molecule has 1 aliphatic carbocycles. The number of esters is 1. The lowest BCUT2D eigenvalue weighted by atomic mass is 9.85. The van der Waals surface area contributed by atoms with Crippen molar-refractivity contribution in [3.8, 4) is 0 Å². The van der Waals surface area contributed by atoms with Crippen molar-refractivity contribution in [3.63, 3.8) is 0 Å². The maximum Gasteiger partial charge on any atom is 0.337 e. The number of rotatable bonds is 4. The van der Waals surface area contributed by atoms with Gasteiger partial charge >= 0.3 is 5.97 Å². The monoisotopic (exact) mass is 342 g/mol. The van der Waals surface area contributed by atoms with E-state index in [0.717, 1.165) is 4.90 Å². The first kappa shape index (κ1) is 16.9. The molecule has 1 saturated heterocycles.